The van der Waals surface area contributed by atoms with Crippen LogP contribution in [0.15, 0.2) is 24.3 Å². The molecule has 0 radical (unpaired) electrons. The smallest absolute Gasteiger partial charge is 0.119 e. The minimum atomic E-state index is 0.741. The third-order valence-electron chi connectivity index (χ3n) is 7.54. The lowest BCUT2D eigenvalue weighted by molar-refractivity contribution is 0.181. The fourth-order valence-corrected chi connectivity index (χ4v) is 5.43. The highest BCUT2D eigenvalue weighted by Gasteiger charge is 2.21. The van der Waals surface area contributed by atoms with Gasteiger partial charge in [0.25, 0.3) is 0 Å². The van der Waals surface area contributed by atoms with E-state index in [0.717, 1.165) is 48.4 Å². The third kappa shape index (κ3) is 7.87. The van der Waals surface area contributed by atoms with Crippen LogP contribution in [0.2, 0.25) is 0 Å². The van der Waals surface area contributed by atoms with Crippen molar-refractivity contribution in [3.05, 3.63) is 24.3 Å². The van der Waals surface area contributed by atoms with Crippen LogP contribution in [0.4, 0.5) is 0 Å². The quantitative estimate of drug-likeness (QED) is 0.350. The maximum Gasteiger partial charge on any atom is 0.119 e. The molecule has 2 aliphatic rings. The van der Waals surface area contributed by atoms with E-state index in [1.165, 1.54) is 83.5 Å². The molecule has 0 aromatic heterocycles. The third-order valence-corrected chi connectivity index (χ3v) is 7.54. The average molecular weight is 401 g/mol. The lowest BCUT2D eigenvalue weighted by Crippen LogP contribution is -2.19. The van der Waals surface area contributed by atoms with Crippen LogP contribution < -0.4 is 9.47 Å². The van der Waals surface area contributed by atoms with E-state index in [1.807, 2.05) is 0 Å². The molecule has 0 bridgehead atoms. The molecule has 2 saturated carbocycles. The summed E-state index contributed by atoms with van der Waals surface area (Å²) < 4.78 is 12.0. The van der Waals surface area contributed by atoms with Crippen molar-refractivity contribution in [1.82, 2.24) is 0 Å². The van der Waals surface area contributed by atoms with Gasteiger partial charge >= 0.3 is 0 Å². The molecule has 3 rings (SSSR count). The van der Waals surface area contributed by atoms with Crippen LogP contribution in [-0.4, -0.2) is 13.2 Å². The second-order valence-electron chi connectivity index (χ2n) is 9.74. The minimum absolute atomic E-state index is 0.741. The van der Waals surface area contributed by atoms with Crippen molar-refractivity contribution in [3.63, 3.8) is 0 Å². The highest BCUT2D eigenvalue weighted by Crippen LogP contribution is 2.34. The zero-order valence-corrected chi connectivity index (χ0v) is 19.0. The number of benzene rings is 1. The average Bonchev–Trinajstić information content (AvgIpc) is 2.78. The molecule has 1 aromatic carbocycles. The number of ether oxygens (including phenoxy) is 2. The van der Waals surface area contributed by atoms with Gasteiger partial charge in [0.15, 0.2) is 0 Å². The molecule has 0 N–H and O–H groups in total. The van der Waals surface area contributed by atoms with Gasteiger partial charge in [0.1, 0.15) is 11.5 Å². The molecular weight excluding hydrogens is 356 g/mol. The van der Waals surface area contributed by atoms with Gasteiger partial charge in [-0.1, -0.05) is 71.6 Å². The van der Waals surface area contributed by atoms with Crippen molar-refractivity contribution in [2.75, 3.05) is 13.2 Å². The molecule has 0 saturated heterocycles. The Bertz CT molecular complexity index is 536. The Morgan fingerprint density at radius 3 is 1.76 bits per heavy atom. The molecule has 1 aromatic rings. The zero-order chi connectivity index (χ0) is 20.3. The Morgan fingerprint density at radius 2 is 1.17 bits per heavy atom. The zero-order valence-electron chi connectivity index (χ0n) is 19.0. The number of hydrogen-bond donors (Lipinski definition) is 0. The highest BCUT2D eigenvalue weighted by atomic mass is 16.5. The first kappa shape index (κ1) is 22.5. The van der Waals surface area contributed by atoms with E-state index in [0.29, 0.717) is 0 Å². The molecule has 0 heterocycles. The van der Waals surface area contributed by atoms with E-state index in [2.05, 4.69) is 38.1 Å². The molecule has 0 spiro atoms. The molecular formula is C27H44O2. The molecule has 0 amide bonds. The minimum Gasteiger partial charge on any atom is -0.494 e. The summed E-state index contributed by atoms with van der Waals surface area (Å²) in [5.74, 6) is 5.62. The summed E-state index contributed by atoms with van der Waals surface area (Å²) >= 11 is 0. The summed E-state index contributed by atoms with van der Waals surface area (Å²) in [6, 6.07) is 8.28. The van der Waals surface area contributed by atoms with Gasteiger partial charge in [-0.3, -0.25) is 0 Å². The first-order valence-electron chi connectivity index (χ1n) is 12.6. The van der Waals surface area contributed by atoms with Crippen molar-refractivity contribution in [2.24, 2.45) is 23.7 Å². The van der Waals surface area contributed by atoms with Crippen LogP contribution in [0, 0.1) is 23.7 Å². The summed E-state index contributed by atoms with van der Waals surface area (Å²) in [5.41, 5.74) is 0. The Hall–Kier alpha value is -1.18. The van der Waals surface area contributed by atoms with Crippen LogP contribution in [0.25, 0.3) is 0 Å². The van der Waals surface area contributed by atoms with E-state index in [-0.39, 0.29) is 0 Å². The molecule has 29 heavy (non-hydrogen) atoms. The maximum atomic E-state index is 6.04. The predicted octanol–water partition coefficient (Wildman–Crippen LogP) is 8.05. The normalized spacial score (nSPS) is 27.5. The van der Waals surface area contributed by atoms with Crippen LogP contribution >= 0.6 is 0 Å². The van der Waals surface area contributed by atoms with Crippen LogP contribution in [0.1, 0.15) is 97.3 Å². The van der Waals surface area contributed by atoms with E-state index in [1.54, 1.807) is 0 Å². The van der Waals surface area contributed by atoms with E-state index >= 15 is 0 Å². The second kappa shape index (κ2) is 12.5. The van der Waals surface area contributed by atoms with Crippen molar-refractivity contribution >= 4 is 0 Å². The van der Waals surface area contributed by atoms with E-state index in [4.69, 9.17) is 9.47 Å². The molecule has 164 valence electrons. The Morgan fingerprint density at radius 1 is 0.655 bits per heavy atom. The summed E-state index contributed by atoms with van der Waals surface area (Å²) in [4.78, 5) is 0. The summed E-state index contributed by atoms with van der Waals surface area (Å²) in [7, 11) is 0. The van der Waals surface area contributed by atoms with Gasteiger partial charge in [-0.15, -0.1) is 0 Å². The monoisotopic (exact) mass is 400 g/mol. The molecule has 2 heteroatoms. The summed E-state index contributed by atoms with van der Waals surface area (Å²) in [6.45, 7) is 6.36. The SMILES string of the molecule is CCCC1CCC(CCCOc2ccc(OCC3CCC(CC)CC3)cc2)CC1. The van der Waals surface area contributed by atoms with Crippen molar-refractivity contribution < 1.29 is 9.47 Å². The number of rotatable bonds is 11. The van der Waals surface area contributed by atoms with Crippen LogP contribution in [0.5, 0.6) is 11.5 Å². The molecule has 0 atom stereocenters. The van der Waals surface area contributed by atoms with E-state index in [9.17, 15) is 0 Å². The molecule has 2 fully saturated rings. The first-order valence-corrected chi connectivity index (χ1v) is 12.6. The Labute approximate surface area is 179 Å². The maximum absolute atomic E-state index is 6.04. The van der Waals surface area contributed by atoms with Gasteiger partial charge in [0.05, 0.1) is 13.2 Å². The van der Waals surface area contributed by atoms with Gasteiger partial charge < -0.3 is 9.47 Å². The fraction of sp³-hybridized carbons (Fsp3) is 0.778. The van der Waals surface area contributed by atoms with Gasteiger partial charge in [-0.05, 0) is 73.6 Å². The Kier molecular flexibility index (Phi) is 9.70. The largest absolute Gasteiger partial charge is 0.494 e. The Balaban J connectivity index is 1.26. The standard InChI is InChI=1S/C27H44O2/c1-3-6-23-10-12-24(13-11-23)7-5-20-28-26-16-18-27(19-17-26)29-21-25-14-8-22(4-2)9-15-25/h16-19,22-25H,3-15,20-21H2,1-2H3. The molecule has 0 unspecified atom stereocenters. The fourth-order valence-electron chi connectivity index (χ4n) is 5.43. The second-order valence-corrected chi connectivity index (χ2v) is 9.74. The lowest BCUT2D eigenvalue weighted by Gasteiger charge is -2.28. The topological polar surface area (TPSA) is 18.5 Å². The predicted molar refractivity (Wildman–Crippen MR) is 123 cm³/mol. The molecule has 2 nitrogen and oxygen atoms in total. The van der Waals surface area contributed by atoms with Crippen LogP contribution in [0.3, 0.4) is 0 Å². The van der Waals surface area contributed by atoms with Crippen LogP contribution in [-0.2, 0) is 0 Å². The molecule has 2 aliphatic carbocycles. The molecule has 0 aliphatic heterocycles. The van der Waals surface area contributed by atoms with Gasteiger partial charge in [-0.2, -0.15) is 0 Å². The van der Waals surface area contributed by atoms with Gasteiger partial charge in [0, 0.05) is 0 Å². The van der Waals surface area contributed by atoms with Crippen molar-refractivity contribution in [1.29, 1.82) is 0 Å². The van der Waals surface area contributed by atoms with Crippen molar-refractivity contribution in [2.45, 2.75) is 97.3 Å². The summed E-state index contributed by atoms with van der Waals surface area (Å²) in [6.07, 6.45) is 17.9. The van der Waals surface area contributed by atoms with Gasteiger partial charge in [0.2, 0.25) is 0 Å². The van der Waals surface area contributed by atoms with Crippen molar-refractivity contribution in [3.8, 4) is 11.5 Å². The van der Waals surface area contributed by atoms with Gasteiger partial charge in [-0.25, -0.2) is 0 Å². The lowest BCUT2D eigenvalue weighted by atomic mass is 9.78. The summed E-state index contributed by atoms with van der Waals surface area (Å²) in [5, 5.41) is 0. The van der Waals surface area contributed by atoms with E-state index < -0.39 is 0 Å². The highest BCUT2D eigenvalue weighted by molar-refractivity contribution is 5.31. The number of hydrogen-bond acceptors (Lipinski definition) is 2. The first-order chi connectivity index (χ1) is 14.3.